The van der Waals surface area contributed by atoms with Gasteiger partial charge in [-0.05, 0) is 6.07 Å². The Morgan fingerprint density at radius 1 is 1.69 bits per heavy atom. The van der Waals surface area contributed by atoms with Crippen molar-refractivity contribution < 1.29 is 9.18 Å². The molecular formula is C9H13FN2O. The quantitative estimate of drug-likeness (QED) is 0.710. The predicted molar refractivity (Wildman–Crippen MR) is 46.9 cm³/mol. The summed E-state index contributed by atoms with van der Waals surface area (Å²) in [7, 11) is 0. The highest BCUT2D eigenvalue weighted by molar-refractivity contribution is 5.80. The van der Waals surface area contributed by atoms with Gasteiger partial charge in [0.2, 0.25) is 0 Å². The molecule has 0 saturated heterocycles. The minimum Gasteiger partial charge on any atom is -0.297 e. The molecule has 0 aliphatic rings. The van der Waals surface area contributed by atoms with Crippen molar-refractivity contribution in [2.45, 2.75) is 27.1 Å². The summed E-state index contributed by atoms with van der Waals surface area (Å²) in [4.78, 5) is 11.3. The normalized spacial score (nSPS) is 10.8. The molecule has 0 radical (unpaired) electrons. The van der Waals surface area contributed by atoms with Crippen LogP contribution in [0.3, 0.4) is 0 Å². The highest BCUT2D eigenvalue weighted by Gasteiger charge is 2.10. The van der Waals surface area contributed by atoms with Crippen molar-refractivity contribution in [3.63, 3.8) is 0 Å². The van der Waals surface area contributed by atoms with Crippen LogP contribution in [0.15, 0.2) is 12.3 Å². The lowest BCUT2D eigenvalue weighted by Gasteiger charge is -2.06. The molecule has 13 heavy (non-hydrogen) atoms. The van der Waals surface area contributed by atoms with Crippen molar-refractivity contribution in [2.24, 2.45) is 5.92 Å². The lowest BCUT2D eigenvalue weighted by Crippen LogP contribution is -2.17. The minimum absolute atomic E-state index is 0.0309. The Morgan fingerprint density at radius 2 is 2.38 bits per heavy atom. The molecular weight excluding hydrogens is 170 g/mol. The summed E-state index contributed by atoms with van der Waals surface area (Å²) >= 11 is 0. The number of hydrogen-bond acceptors (Lipinski definition) is 2. The predicted octanol–water partition coefficient (Wildman–Crippen LogP) is 1.58. The summed E-state index contributed by atoms with van der Waals surface area (Å²) in [6.45, 7) is 3.23. The van der Waals surface area contributed by atoms with Gasteiger partial charge in [-0.3, -0.25) is 9.48 Å². The molecule has 0 unspecified atom stereocenters. The van der Waals surface area contributed by atoms with Crippen molar-refractivity contribution in [1.82, 2.24) is 9.78 Å². The van der Waals surface area contributed by atoms with Gasteiger partial charge >= 0.3 is 0 Å². The number of ketones is 1. The monoisotopic (exact) mass is 183 g/mol. The van der Waals surface area contributed by atoms with Gasteiger partial charge in [0.1, 0.15) is 13.2 Å². The molecule has 0 saturated carbocycles. The van der Waals surface area contributed by atoms with Gasteiger partial charge in [-0.2, -0.15) is 5.10 Å². The zero-order chi connectivity index (χ0) is 9.84. The van der Waals surface area contributed by atoms with E-state index in [4.69, 9.17) is 0 Å². The summed E-state index contributed by atoms with van der Waals surface area (Å²) in [6.07, 6.45) is 1.50. The van der Waals surface area contributed by atoms with E-state index in [9.17, 15) is 9.18 Å². The second kappa shape index (κ2) is 4.16. The third-order valence-corrected chi connectivity index (χ3v) is 1.89. The second-order valence-electron chi connectivity index (χ2n) is 3.23. The highest BCUT2D eigenvalue weighted by Crippen LogP contribution is 2.03. The van der Waals surface area contributed by atoms with E-state index in [2.05, 4.69) is 5.10 Å². The van der Waals surface area contributed by atoms with E-state index in [1.807, 2.05) is 13.8 Å². The lowest BCUT2D eigenvalue weighted by molar-refractivity contribution is -0.122. The molecule has 0 fully saturated rings. The van der Waals surface area contributed by atoms with E-state index < -0.39 is 6.67 Å². The Hall–Kier alpha value is -1.19. The molecule has 1 heterocycles. The molecule has 1 aromatic heterocycles. The number of nitrogens with zero attached hydrogens (tertiary/aromatic N) is 2. The van der Waals surface area contributed by atoms with Gasteiger partial charge in [0.25, 0.3) is 0 Å². The zero-order valence-electron chi connectivity index (χ0n) is 7.83. The van der Waals surface area contributed by atoms with Gasteiger partial charge < -0.3 is 0 Å². The van der Waals surface area contributed by atoms with Crippen molar-refractivity contribution >= 4 is 5.78 Å². The van der Waals surface area contributed by atoms with Crippen molar-refractivity contribution in [3.8, 4) is 0 Å². The summed E-state index contributed by atoms with van der Waals surface area (Å²) in [5.74, 6) is 0.0371. The molecule has 0 aliphatic heterocycles. The van der Waals surface area contributed by atoms with Crippen LogP contribution in [-0.2, 0) is 18.0 Å². The van der Waals surface area contributed by atoms with Gasteiger partial charge in [-0.15, -0.1) is 0 Å². The topological polar surface area (TPSA) is 34.9 Å². The lowest BCUT2D eigenvalue weighted by atomic mass is 10.1. The number of aromatic nitrogens is 2. The molecule has 1 aromatic rings. The highest BCUT2D eigenvalue weighted by atomic mass is 18.2. The summed E-state index contributed by atoms with van der Waals surface area (Å²) in [6, 6.07) is 1.58. The zero-order valence-corrected chi connectivity index (χ0v) is 7.83. The first-order valence-corrected chi connectivity index (χ1v) is 4.24. The van der Waals surface area contributed by atoms with Crippen LogP contribution in [-0.4, -0.2) is 15.6 Å². The minimum atomic E-state index is -0.578. The average Bonchev–Trinajstić information content (AvgIpc) is 2.51. The van der Waals surface area contributed by atoms with E-state index in [0.29, 0.717) is 5.69 Å². The number of Topliss-reactive ketones (excluding diaryl/α,β-unsaturated/α-hetero) is 1. The maximum Gasteiger partial charge on any atom is 0.156 e. The molecule has 0 atom stereocenters. The number of hydrogen-bond donors (Lipinski definition) is 0. The van der Waals surface area contributed by atoms with Crippen LogP contribution in [0.4, 0.5) is 4.39 Å². The van der Waals surface area contributed by atoms with E-state index >= 15 is 0 Å². The van der Waals surface area contributed by atoms with E-state index in [1.165, 1.54) is 10.9 Å². The van der Waals surface area contributed by atoms with Crippen LogP contribution in [0.25, 0.3) is 0 Å². The molecule has 0 aromatic carbocycles. The van der Waals surface area contributed by atoms with Crippen LogP contribution in [0.5, 0.6) is 0 Å². The molecule has 1 rings (SSSR count). The van der Waals surface area contributed by atoms with Crippen LogP contribution < -0.4 is 0 Å². The SMILES string of the molecule is CC(C)C(=O)Cn1nccc1C[18F]. The Kier molecular flexibility index (Phi) is 3.17. The molecule has 0 N–H and O–H groups in total. The second-order valence-corrected chi connectivity index (χ2v) is 3.23. The van der Waals surface area contributed by atoms with Gasteiger partial charge in [-0.25, -0.2) is 4.39 Å². The number of carbonyl (C=O) groups is 1. The molecule has 0 spiro atoms. The third kappa shape index (κ3) is 2.37. The number of halogens is 1. The largest absolute Gasteiger partial charge is 0.297 e. The van der Waals surface area contributed by atoms with Gasteiger partial charge in [0.05, 0.1) is 5.69 Å². The maximum atomic E-state index is 12.3. The Balaban J connectivity index is 2.68. The smallest absolute Gasteiger partial charge is 0.156 e. The van der Waals surface area contributed by atoms with E-state index in [-0.39, 0.29) is 18.2 Å². The van der Waals surface area contributed by atoms with Crippen LogP contribution >= 0.6 is 0 Å². The van der Waals surface area contributed by atoms with E-state index in [0.717, 1.165) is 0 Å². The maximum absolute atomic E-state index is 12.3. The Labute approximate surface area is 76.6 Å². The third-order valence-electron chi connectivity index (χ3n) is 1.89. The first kappa shape index (κ1) is 9.89. The summed E-state index contributed by atoms with van der Waals surface area (Å²) in [5, 5.41) is 3.87. The number of carbonyl (C=O) groups excluding carboxylic acids is 1. The van der Waals surface area contributed by atoms with E-state index in [1.54, 1.807) is 6.07 Å². The molecule has 72 valence electrons. The molecule has 4 heteroatoms. The van der Waals surface area contributed by atoms with Crippen molar-refractivity contribution in [3.05, 3.63) is 18.0 Å². The summed E-state index contributed by atoms with van der Waals surface area (Å²) < 4.78 is 13.7. The number of alkyl halides is 1. The Bertz CT molecular complexity index is 294. The fraction of sp³-hybridized carbons (Fsp3) is 0.556. The fourth-order valence-corrected chi connectivity index (χ4v) is 0.946. The molecule has 0 aliphatic carbocycles. The first-order chi connectivity index (χ1) is 6.15. The average molecular weight is 183 g/mol. The first-order valence-electron chi connectivity index (χ1n) is 4.24. The van der Waals surface area contributed by atoms with Crippen LogP contribution in [0.1, 0.15) is 19.5 Å². The Morgan fingerprint density at radius 3 is 2.92 bits per heavy atom. The fourth-order valence-electron chi connectivity index (χ4n) is 0.946. The van der Waals surface area contributed by atoms with Crippen LogP contribution in [0.2, 0.25) is 0 Å². The molecule has 3 nitrogen and oxygen atoms in total. The molecule has 0 bridgehead atoms. The van der Waals surface area contributed by atoms with Gasteiger partial charge in [0, 0.05) is 12.1 Å². The van der Waals surface area contributed by atoms with Gasteiger partial charge in [-0.1, -0.05) is 13.8 Å². The summed E-state index contributed by atoms with van der Waals surface area (Å²) in [5.41, 5.74) is 0.453. The molecule has 0 amide bonds. The van der Waals surface area contributed by atoms with Crippen LogP contribution in [0, 0.1) is 5.92 Å². The van der Waals surface area contributed by atoms with Crippen molar-refractivity contribution in [1.29, 1.82) is 0 Å². The standard InChI is InChI=1S/C9H13FN2O/c1-7(2)9(13)6-12-8(5-10)3-4-11-12/h3-4,7H,5-6H2,1-2H3/i10-1. The van der Waals surface area contributed by atoms with Crippen molar-refractivity contribution in [2.75, 3.05) is 0 Å². The van der Waals surface area contributed by atoms with Gasteiger partial charge in [0.15, 0.2) is 5.78 Å². The number of rotatable bonds is 4.